The Morgan fingerprint density at radius 1 is 1.04 bits per heavy atom. The van der Waals surface area contributed by atoms with E-state index in [0.29, 0.717) is 23.7 Å². The van der Waals surface area contributed by atoms with Gasteiger partial charge in [-0.05, 0) is 29.8 Å². The number of hydrogen-bond acceptors (Lipinski definition) is 4. The predicted molar refractivity (Wildman–Crippen MR) is 89.5 cm³/mol. The number of carbonyl (C=O) groups is 1. The van der Waals surface area contributed by atoms with Crippen molar-refractivity contribution in [3.63, 3.8) is 0 Å². The average molecular weight is 322 g/mol. The minimum atomic E-state index is -0.382. The van der Waals surface area contributed by atoms with Crippen LogP contribution in [0.2, 0.25) is 0 Å². The van der Waals surface area contributed by atoms with Gasteiger partial charge >= 0.3 is 5.97 Å². The molecular weight excluding hydrogens is 304 g/mol. The molecule has 0 saturated carbocycles. The van der Waals surface area contributed by atoms with E-state index in [2.05, 4.69) is 4.98 Å². The zero-order chi connectivity index (χ0) is 16.8. The van der Waals surface area contributed by atoms with Gasteiger partial charge in [-0.1, -0.05) is 30.3 Å². The molecule has 24 heavy (non-hydrogen) atoms. The first-order valence-electron chi connectivity index (χ1n) is 7.62. The highest BCUT2D eigenvalue weighted by Crippen LogP contribution is 2.15. The third-order valence-corrected chi connectivity index (χ3v) is 3.59. The molecule has 0 unspecified atom stereocenters. The van der Waals surface area contributed by atoms with Gasteiger partial charge in [0, 0.05) is 19.4 Å². The number of esters is 1. The summed E-state index contributed by atoms with van der Waals surface area (Å²) >= 11 is 0. The minimum Gasteiger partial charge on any atom is -0.489 e. The summed E-state index contributed by atoms with van der Waals surface area (Å²) in [5, 5.41) is 0. The Balaban J connectivity index is 1.53. The van der Waals surface area contributed by atoms with Crippen LogP contribution in [0.15, 0.2) is 67.0 Å². The minimum absolute atomic E-state index is 0.147. The van der Waals surface area contributed by atoms with E-state index in [1.54, 1.807) is 30.5 Å². The topological polar surface area (TPSA) is 53.4 Å². The molecule has 0 atom stereocenters. The molecule has 0 aliphatic carbocycles. The van der Waals surface area contributed by atoms with E-state index >= 15 is 0 Å². The molecule has 2 aromatic carbocycles. The molecule has 0 aliphatic rings. The molecule has 0 amide bonds. The lowest BCUT2D eigenvalue weighted by molar-refractivity contribution is 0.0459. The SMILES string of the molecule is Cn1ccnc1COC(=O)c1ccc(OCc2ccccc2)cc1. The van der Waals surface area contributed by atoms with Crippen molar-refractivity contribution in [3.8, 4) is 5.75 Å². The summed E-state index contributed by atoms with van der Waals surface area (Å²) in [5.41, 5.74) is 1.58. The lowest BCUT2D eigenvalue weighted by atomic mass is 10.2. The summed E-state index contributed by atoms with van der Waals surface area (Å²) in [7, 11) is 1.86. The van der Waals surface area contributed by atoms with Gasteiger partial charge < -0.3 is 14.0 Å². The smallest absolute Gasteiger partial charge is 0.338 e. The van der Waals surface area contributed by atoms with Gasteiger partial charge in [0.2, 0.25) is 0 Å². The van der Waals surface area contributed by atoms with Crippen LogP contribution in [0.25, 0.3) is 0 Å². The van der Waals surface area contributed by atoms with Crippen LogP contribution < -0.4 is 4.74 Å². The normalized spacial score (nSPS) is 10.4. The van der Waals surface area contributed by atoms with Crippen molar-refractivity contribution in [1.82, 2.24) is 9.55 Å². The number of aromatic nitrogens is 2. The second-order valence-corrected chi connectivity index (χ2v) is 5.33. The summed E-state index contributed by atoms with van der Waals surface area (Å²) in [4.78, 5) is 16.2. The second-order valence-electron chi connectivity index (χ2n) is 5.33. The Morgan fingerprint density at radius 3 is 2.46 bits per heavy atom. The third kappa shape index (κ3) is 4.01. The lowest BCUT2D eigenvalue weighted by Gasteiger charge is -2.08. The lowest BCUT2D eigenvalue weighted by Crippen LogP contribution is -2.08. The van der Waals surface area contributed by atoms with Crippen molar-refractivity contribution in [1.29, 1.82) is 0 Å². The third-order valence-electron chi connectivity index (χ3n) is 3.59. The quantitative estimate of drug-likeness (QED) is 0.653. The highest BCUT2D eigenvalue weighted by molar-refractivity contribution is 5.89. The first-order chi connectivity index (χ1) is 11.7. The van der Waals surface area contributed by atoms with Crippen LogP contribution in [0.1, 0.15) is 21.7 Å². The molecule has 0 bridgehead atoms. The Bertz CT molecular complexity index is 795. The maximum absolute atomic E-state index is 12.0. The van der Waals surface area contributed by atoms with Crippen LogP contribution in [-0.4, -0.2) is 15.5 Å². The maximum Gasteiger partial charge on any atom is 0.338 e. The van der Waals surface area contributed by atoms with Crippen LogP contribution in [0, 0.1) is 0 Å². The fourth-order valence-electron chi connectivity index (χ4n) is 2.18. The van der Waals surface area contributed by atoms with Gasteiger partial charge in [0.1, 0.15) is 24.8 Å². The number of imidazole rings is 1. The van der Waals surface area contributed by atoms with Crippen LogP contribution >= 0.6 is 0 Å². The van der Waals surface area contributed by atoms with Crippen molar-refractivity contribution >= 4 is 5.97 Å². The standard InChI is InChI=1S/C19H18N2O3/c1-21-12-11-20-18(21)14-24-19(22)16-7-9-17(10-8-16)23-13-15-5-3-2-4-6-15/h2-12H,13-14H2,1H3. The molecule has 0 aliphatic heterocycles. The summed E-state index contributed by atoms with van der Waals surface area (Å²) < 4.78 is 12.8. The van der Waals surface area contributed by atoms with Crippen LogP contribution in [-0.2, 0) is 25.0 Å². The number of hydrogen-bond donors (Lipinski definition) is 0. The average Bonchev–Trinajstić information content (AvgIpc) is 3.04. The predicted octanol–water partition coefficient (Wildman–Crippen LogP) is 3.36. The van der Waals surface area contributed by atoms with E-state index in [4.69, 9.17) is 9.47 Å². The number of carbonyl (C=O) groups excluding carboxylic acids is 1. The van der Waals surface area contributed by atoms with Gasteiger partial charge in [-0.15, -0.1) is 0 Å². The van der Waals surface area contributed by atoms with Gasteiger partial charge in [0.15, 0.2) is 0 Å². The zero-order valence-corrected chi connectivity index (χ0v) is 13.4. The van der Waals surface area contributed by atoms with Crippen molar-refractivity contribution in [2.45, 2.75) is 13.2 Å². The summed E-state index contributed by atoms with van der Waals surface area (Å²) in [5.74, 6) is 1.03. The fourth-order valence-corrected chi connectivity index (χ4v) is 2.18. The molecule has 3 aromatic rings. The van der Waals surface area contributed by atoms with E-state index < -0.39 is 0 Å². The summed E-state index contributed by atoms with van der Waals surface area (Å²) in [6.45, 7) is 0.637. The molecule has 0 saturated heterocycles. The van der Waals surface area contributed by atoms with Crippen molar-refractivity contribution in [2.75, 3.05) is 0 Å². The van der Waals surface area contributed by atoms with Gasteiger partial charge in [-0.25, -0.2) is 9.78 Å². The molecule has 0 N–H and O–H groups in total. The summed E-state index contributed by atoms with van der Waals surface area (Å²) in [6.07, 6.45) is 3.48. The van der Waals surface area contributed by atoms with Gasteiger partial charge in [-0.2, -0.15) is 0 Å². The van der Waals surface area contributed by atoms with Gasteiger partial charge in [0.05, 0.1) is 5.56 Å². The molecule has 5 nitrogen and oxygen atoms in total. The molecule has 3 rings (SSSR count). The summed E-state index contributed by atoms with van der Waals surface area (Å²) in [6, 6.07) is 16.8. The number of aryl methyl sites for hydroxylation is 1. The van der Waals surface area contributed by atoms with Gasteiger partial charge in [0.25, 0.3) is 0 Å². The molecule has 0 radical (unpaired) electrons. The fraction of sp³-hybridized carbons (Fsp3) is 0.158. The first kappa shape index (κ1) is 15.8. The van der Waals surface area contributed by atoms with E-state index in [1.165, 1.54) is 0 Å². The first-order valence-corrected chi connectivity index (χ1v) is 7.62. The largest absolute Gasteiger partial charge is 0.489 e. The number of rotatable bonds is 6. The molecule has 0 fully saturated rings. The van der Waals surface area contributed by atoms with Crippen LogP contribution in [0.3, 0.4) is 0 Å². The Hall–Kier alpha value is -3.08. The number of nitrogens with zero attached hydrogens (tertiary/aromatic N) is 2. The monoisotopic (exact) mass is 322 g/mol. The van der Waals surface area contributed by atoms with E-state index in [1.807, 2.05) is 48.1 Å². The molecular formula is C19H18N2O3. The Labute approximate surface area is 140 Å². The van der Waals surface area contributed by atoms with E-state index in [0.717, 1.165) is 5.56 Å². The van der Waals surface area contributed by atoms with Crippen molar-refractivity contribution < 1.29 is 14.3 Å². The molecule has 1 aromatic heterocycles. The number of ether oxygens (including phenoxy) is 2. The second kappa shape index (κ2) is 7.46. The molecule has 0 spiro atoms. The highest BCUT2D eigenvalue weighted by Gasteiger charge is 2.09. The van der Waals surface area contributed by atoms with E-state index in [9.17, 15) is 4.79 Å². The van der Waals surface area contributed by atoms with Crippen LogP contribution in [0.5, 0.6) is 5.75 Å². The zero-order valence-electron chi connectivity index (χ0n) is 13.4. The highest BCUT2D eigenvalue weighted by atomic mass is 16.5. The molecule has 5 heteroatoms. The van der Waals surface area contributed by atoms with Crippen molar-refractivity contribution in [2.24, 2.45) is 7.05 Å². The number of benzene rings is 2. The molecule has 122 valence electrons. The maximum atomic E-state index is 12.0. The van der Waals surface area contributed by atoms with Crippen molar-refractivity contribution in [3.05, 3.63) is 83.9 Å². The Kier molecular flexibility index (Phi) is 4.91. The van der Waals surface area contributed by atoms with E-state index in [-0.39, 0.29) is 12.6 Å². The van der Waals surface area contributed by atoms with Crippen LogP contribution in [0.4, 0.5) is 0 Å². The molecule has 1 heterocycles. The Morgan fingerprint density at radius 2 is 1.79 bits per heavy atom. The van der Waals surface area contributed by atoms with Gasteiger partial charge in [-0.3, -0.25) is 0 Å².